The van der Waals surface area contributed by atoms with E-state index in [1.54, 1.807) is 0 Å². The zero-order valence-corrected chi connectivity index (χ0v) is 13.6. The van der Waals surface area contributed by atoms with Gasteiger partial charge in [0.05, 0.1) is 6.10 Å². The molecule has 4 saturated carbocycles. The van der Waals surface area contributed by atoms with Gasteiger partial charge in [-0.2, -0.15) is 0 Å². The first-order valence-electron chi connectivity index (χ1n) is 9.16. The average molecular weight is 290 g/mol. The van der Waals surface area contributed by atoms with E-state index < -0.39 is 0 Å². The Hall–Kier alpha value is -0.370. The molecule has 0 radical (unpaired) electrons. The van der Waals surface area contributed by atoms with Gasteiger partial charge >= 0.3 is 0 Å². The van der Waals surface area contributed by atoms with Crippen LogP contribution >= 0.6 is 0 Å². The van der Waals surface area contributed by atoms with Gasteiger partial charge in [0.25, 0.3) is 0 Å². The minimum absolute atomic E-state index is 0.0124. The molecule has 118 valence electrons. The second-order valence-electron chi connectivity index (χ2n) is 9.00. The van der Waals surface area contributed by atoms with Crippen LogP contribution in [0.25, 0.3) is 0 Å². The summed E-state index contributed by atoms with van der Waals surface area (Å²) in [4.78, 5) is 12.4. The normalized spacial score (nSPS) is 56.5. The van der Waals surface area contributed by atoms with Crippen molar-refractivity contribution in [3.8, 4) is 0 Å². The third-order valence-electron chi connectivity index (χ3n) is 8.35. The van der Waals surface area contributed by atoms with Crippen LogP contribution < -0.4 is 0 Å². The maximum Gasteiger partial charge on any atom is 0.139 e. The second-order valence-corrected chi connectivity index (χ2v) is 9.00. The van der Waals surface area contributed by atoms with E-state index in [-0.39, 0.29) is 11.5 Å². The predicted octanol–water partition coefficient (Wildman–Crippen LogP) is 3.96. The summed E-state index contributed by atoms with van der Waals surface area (Å²) >= 11 is 0. The third-order valence-corrected chi connectivity index (χ3v) is 8.35. The number of hydrogen-bond acceptors (Lipinski definition) is 2. The van der Waals surface area contributed by atoms with Crippen LogP contribution in [0.4, 0.5) is 0 Å². The van der Waals surface area contributed by atoms with Gasteiger partial charge in [-0.3, -0.25) is 4.79 Å². The highest BCUT2D eigenvalue weighted by atomic mass is 16.3. The van der Waals surface area contributed by atoms with Crippen LogP contribution in [0.1, 0.15) is 71.6 Å². The van der Waals surface area contributed by atoms with Crippen LogP contribution in [-0.4, -0.2) is 17.0 Å². The van der Waals surface area contributed by atoms with Crippen molar-refractivity contribution in [2.75, 3.05) is 0 Å². The molecule has 4 fully saturated rings. The van der Waals surface area contributed by atoms with Gasteiger partial charge in [0.15, 0.2) is 0 Å². The summed E-state index contributed by atoms with van der Waals surface area (Å²) in [5.41, 5.74) is 0.452. The number of Topliss-reactive ketones (excluding diaryl/α,β-unsaturated/α-hetero) is 1. The van der Waals surface area contributed by atoms with E-state index >= 15 is 0 Å². The van der Waals surface area contributed by atoms with Gasteiger partial charge in [0.1, 0.15) is 5.78 Å². The maximum absolute atomic E-state index is 12.4. The van der Waals surface area contributed by atoms with Gasteiger partial charge in [-0.25, -0.2) is 0 Å². The molecular weight excluding hydrogens is 260 g/mol. The van der Waals surface area contributed by atoms with E-state index in [0.717, 1.165) is 49.9 Å². The molecule has 2 heteroatoms. The molecule has 0 heterocycles. The molecule has 0 aromatic rings. The number of aliphatic hydroxyl groups excluding tert-OH is 1. The lowest BCUT2D eigenvalue weighted by molar-refractivity contribution is -0.142. The molecule has 0 saturated heterocycles. The summed E-state index contributed by atoms with van der Waals surface area (Å²) < 4.78 is 0. The number of ketones is 1. The predicted molar refractivity (Wildman–Crippen MR) is 82.7 cm³/mol. The fourth-order valence-electron chi connectivity index (χ4n) is 7.01. The topological polar surface area (TPSA) is 37.3 Å². The molecule has 1 N–H and O–H groups in total. The zero-order chi connectivity index (χ0) is 14.8. The first-order valence-corrected chi connectivity index (χ1v) is 9.16. The number of aliphatic hydroxyl groups is 1. The first-order chi connectivity index (χ1) is 9.95. The first kappa shape index (κ1) is 14.2. The summed E-state index contributed by atoms with van der Waals surface area (Å²) in [6.45, 7) is 4.78. The van der Waals surface area contributed by atoms with E-state index in [1.807, 2.05) is 0 Å². The summed E-state index contributed by atoms with van der Waals surface area (Å²) in [6.07, 6.45) is 10.1. The summed E-state index contributed by atoms with van der Waals surface area (Å²) in [5, 5.41) is 10.0. The smallest absolute Gasteiger partial charge is 0.139 e. The minimum Gasteiger partial charge on any atom is -0.393 e. The molecule has 4 rings (SSSR count). The molecule has 7 atom stereocenters. The van der Waals surface area contributed by atoms with E-state index in [4.69, 9.17) is 0 Å². The molecule has 0 aliphatic heterocycles. The summed E-state index contributed by atoms with van der Waals surface area (Å²) in [6, 6.07) is 0. The fraction of sp³-hybridized carbons (Fsp3) is 0.947. The minimum atomic E-state index is -0.0541. The van der Waals surface area contributed by atoms with Crippen molar-refractivity contribution in [1.29, 1.82) is 0 Å². The molecule has 4 aliphatic carbocycles. The van der Waals surface area contributed by atoms with Gasteiger partial charge in [-0.1, -0.05) is 13.8 Å². The number of rotatable bonds is 0. The van der Waals surface area contributed by atoms with Gasteiger partial charge < -0.3 is 5.11 Å². The molecule has 0 aromatic heterocycles. The molecule has 0 bridgehead atoms. The lowest BCUT2D eigenvalue weighted by Gasteiger charge is -2.60. The molecule has 2 nitrogen and oxygen atoms in total. The highest BCUT2D eigenvalue weighted by molar-refractivity contribution is 5.87. The lowest BCUT2D eigenvalue weighted by atomic mass is 9.45. The van der Waals surface area contributed by atoms with Crippen LogP contribution in [0.5, 0.6) is 0 Å². The average Bonchev–Trinajstić information content (AvgIpc) is 2.76. The highest BCUT2D eigenvalue weighted by Crippen LogP contribution is 2.65. The lowest BCUT2D eigenvalue weighted by Crippen LogP contribution is -2.54. The maximum atomic E-state index is 12.4. The van der Waals surface area contributed by atoms with Gasteiger partial charge in [-0.05, 0) is 80.5 Å². The van der Waals surface area contributed by atoms with Crippen molar-refractivity contribution in [1.82, 2.24) is 0 Å². The molecule has 0 spiro atoms. The number of hydrogen-bond donors (Lipinski definition) is 1. The standard InChI is InChI=1S/C19H30O2/c1-18-9-7-13(20)11-12(18)3-4-14-15-5-6-17(21)19(15,2)10-8-16(14)18/h12-16,20H,3-11H2,1-2H3/t12-,13-,14?,15-,16-,18-,19-/m0/s1. The molecule has 1 unspecified atom stereocenters. The largest absolute Gasteiger partial charge is 0.393 e. The Morgan fingerprint density at radius 2 is 1.81 bits per heavy atom. The van der Waals surface area contributed by atoms with E-state index in [9.17, 15) is 9.90 Å². The Morgan fingerprint density at radius 3 is 2.62 bits per heavy atom. The highest BCUT2D eigenvalue weighted by Gasteiger charge is 2.60. The van der Waals surface area contributed by atoms with Crippen molar-refractivity contribution in [3.05, 3.63) is 0 Å². The van der Waals surface area contributed by atoms with Crippen molar-refractivity contribution >= 4 is 5.78 Å². The van der Waals surface area contributed by atoms with Crippen molar-refractivity contribution in [2.45, 2.75) is 77.7 Å². The van der Waals surface area contributed by atoms with Crippen LogP contribution in [0.15, 0.2) is 0 Å². The SMILES string of the molecule is C[C@]12CC[C@H](O)C[C@@H]1CCC1[C@@H]2CC[C@]2(C)C(=O)CC[C@@H]12. The van der Waals surface area contributed by atoms with E-state index in [0.29, 0.717) is 17.1 Å². The van der Waals surface area contributed by atoms with Crippen LogP contribution in [0.2, 0.25) is 0 Å². The number of carbonyl (C=O) groups excluding carboxylic acids is 1. The third kappa shape index (κ3) is 1.84. The Kier molecular flexibility index (Phi) is 3.10. The van der Waals surface area contributed by atoms with Crippen molar-refractivity contribution in [2.24, 2.45) is 34.5 Å². The summed E-state index contributed by atoms with van der Waals surface area (Å²) in [5.74, 6) is 3.54. The molecule has 0 amide bonds. The quantitative estimate of drug-likeness (QED) is 0.733. The fourth-order valence-corrected chi connectivity index (χ4v) is 7.01. The monoisotopic (exact) mass is 290 g/mol. The van der Waals surface area contributed by atoms with Crippen LogP contribution in [-0.2, 0) is 4.79 Å². The second kappa shape index (κ2) is 4.57. The van der Waals surface area contributed by atoms with Gasteiger partial charge in [-0.15, -0.1) is 0 Å². The number of fused-ring (bicyclic) bond motifs is 5. The molecular formula is C19H30O2. The Morgan fingerprint density at radius 1 is 1.00 bits per heavy atom. The summed E-state index contributed by atoms with van der Waals surface area (Å²) in [7, 11) is 0. The van der Waals surface area contributed by atoms with Gasteiger partial charge in [0.2, 0.25) is 0 Å². The van der Waals surface area contributed by atoms with Crippen LogP contribution in [0, 0.1) is 34.5 Å². The Bertz CT molecular complexity index is 458. The Labute approximate surface area is 128 Å². The van der Waals surface area contributed by atoms with Crippen molar-refractivity contribution in [3.63, 3.8) is 0 Å². The van der Waals surface area contributed by atoms with Gasteiger partial charge in [0, 0.05) is 11.8 Å². The molecule has 4 aliphatic rings. The van der Waals surface area contributed by atoms with Crippen LogP contribution in [0.3, 0.4) is 0 Å². The zero-order valence-electron chi connectivity index (χ0n) is 13.6. The molecule has 21 heavy (non-hydrogen) atoms. The van der Waals surface area contributed by atoms with E-state index in [2.05, 4.69) is 13.8 Å². The van der Waals surface area contributed by atoms with Crippen molar-refractivity contribution < 1.29 is 9.90 Å². The Balaban J connectivity index is 1.64. The molecule has 0 aromatic carbocycles. The van der Waals surface area contributed by atoms with E-state index in [1.165, 1.54) is 25.7 Å². The number of carbonyl (C=O) groups is 1.